The van der Waals surface area contributed by atoms with Crippen molar-refractivity contribution < 1.29 is 4.52 Å². The maximum atomic E-state index is 12.8. The molecule has 2 aromatic heterocycles. The third-order valence-corrected chi connectivity index (χ3v) is 5.02. The second-order valence-electron chi connectivity index (χ2n) is 6.69. The van der Waals surface area contributed by atoms with E-state index >= 15 is 0 Å². The van der Waals surface area contributed by atoms with Crippen LogP contribution in [0, 0.1) is 5.92 Å². The van der Waals surface area contributed by atoms with Crippen molar-refractivity contribution in [3.8, 4) is 0 Å². The second kappa shape index (κ2) is 8.49. The van der Waals surface area contributed by atoms with E-state index in [1.54, 1.807) is 4.57 Å². The zero-order chi connectivity index (χ0) is 18.5. The number of aromatic nitrogens is 4. The van der Waals surface area contributed by atoms with Gasteiger partial charge in [0.15, 0.2) is 11.0 Å². The second-order valence-corrected chi connectivity index (χ2v) is 7.64. The van der Waals surface area contributed by atoms with Gasteiger partial charge in [-0.1, -0.05) is 49.8 Å². The van der Waals surface area contributed by atoms with Gasteiger partial charge in [0.1, 0.15) is 0 Å². The van der Waals surface area contributed by atoms with Crippen LogP contribution in [0.2, 0.25) is 0 Å². The molecule has 6 nitrogen and oxygen atoms in total. The van der Waals surface area contributed by atoms with E-state index in [1.807, 2.05) is 24.3 Å². The predicted octanol–water partition coefficient (Wildman–Crippen LogP) is 4.07. The normalized spacial score (nSPS) is 11.5. The van der Waals surface area contributed by atoms with Gasteiger partial charge >= 0.3 is 0 Å². The molecule has 26 heavy (non-hydrogen) atoms. The molecule has 0 aliphatic heterocycles. The Morgan fingerprint density at radius 1 is 1.23 bits per heavy atom. The third-order valence-electron chi connectivity index (χ3n) is 4.05. The van der Waals surface area contributed by atoms with Crippen LogP contribution in [0.3, 0.4) is 0 Å². The fraction of sp³-hybridized carbons (Fsp3) is 0.474. The van der Waals surface area contributed by atoms with Crippen LogP contribution >= 0.6 is 11.8 Å². The number of aryl methyl sites for hydroxylation is 1. The molecule has 0 atom stereocenters. The van der Waals surface area contributed by atoms with Gasteiger partial charge in [-0.15, -0.1) is 0 Å². The maximum Gasteiger partial charge on any atom is 0.262 e. The maximum absolute atomic E-state index is 12.8. The summed E-state index contributed by atoms with van der Waals surface area (Å²) in [5.74, 6) is 2.42. The molecule has 0 amide bonds. The van der Waals surface area contributed by atoms with E-state index in [2.05, 4.69) is 35.9 Å². The molecule has 0 fully saturated rings. The molecular weight excluding hydrogens is 348 g/mol. The predicted molar refractivity (Wildman–Crippen MR) is 103 cm³/mol. The van der Waals surface area contributed by atoms with Crippen LogP contribution in [0.4, 0.5) is 0 Å². The molecule has 0 aliphatic rings. The van der Waals surface area contributed by atoms with Crippen molar-refractivity contribution in [3.63, 3.8) is 0 Å². The molecule has 0 spiro atoms. The van der Waals surface area contributed by atoms with Gasteiger partial charge in [0.2, 0.25) is 5.89 Å². The lowest BCUT2D eigenvalue weighted by Crippen LogP contribution is -2.23. The van der Waals surface area contributed by atoms with E-state index < -0.39 is 0 Å². The molecule has 0 saturated heterocycles. The summed E-state index contributed by atoms with van der Waals surface area (Å²) in [4.78, 5) is 21.9. The minimum absolute atomic E-state index is 0.00287. The number of hydrogen-bond acceptors (Lipinski definition) is 6. The minimum atomic E-state index is 0.00287. The van der Waals surface area contributed by atoms with E-state index in [9.17, 15) is 4.79 Å². The highest BCUT2D eigenvalue weighted by molar-refractivity contribution is 7.98. The lowest BCUT2D eigenvalue weighted by molar-refractivity contribution is 0.383. The summed E-state index contributed by atoms with van der Waals surface area (Å²) in [5, 5.41) is 5.38. The summed E-state index contributed by atoms with van der Waals surface area (Å²) < 4.78 is 7.08. The van der Waals surface area contributed by atoms with Crippen LogP contribution in [0.1, 0.15) is 45.3 Å². The van der Waals surface area contributed by atoms with Crippen LogP contribution in [0.15, 0.2) is 38.7 Å². The van der Waals surface area contributed by atoms with E-state index in [1.165, 1.54) is 11.8 Å². The van der Waals surface area contributed by atoms with Crippen molar-refractivity contribution >= 4 is 22.7 Å². The van der Waals surface area contributed by atoms with Gasteiger partial charge in [-0.05, 0) is 30.9 Å². The summed E-state index contributed by atoms with van der Waals surface area (Å²) in [6, 6.07) is 7.45. The molecule has 1 aromatic carbocycles. The zero-order valence-corrected chi connectivity index (χ0v) is 16.3. The highest BCUT2D eigenvalue weighted by Gasteiger charge is 2.13. The SMILES string of the molecule is CCCn1c(SCc2nc(CCC(C)C)no2)nc2ccccc2c1=O. The number of thioether (sulfide) groups is 1. The standard InChI is InChI=1S/C19H24N4O2S/c1-4-11-23-18(24)14-7-5-6-8-15(14)20-19(23)26-12-17-21-16(22-25-17)10-9-13(2)3/h5-8,13H,4,9-12H2,1-3H3. The highest BCUT2D eigenvalue weighted by Crippen LogP contribution is 2.22. The fourth-order valence-electron chi connectivity index (χ4n) is 2.67. The minimum Gasteiger partial charge on any atom is -0.338 e. The molecule has 3 rings (SSSR count). The van der Waals surface area contributed by atoms with Gasteiger partial charge in [0.05, 0.1) is 16.7 Å². The van der Waals surface area contributed by atoms with Gasteiger partial charge in [-0.25, -0.2) is 4.98 Å². The Labute approximate surface area is 157 Å². The van der Waals surface area contributed by atoms with E-state index in [4.69, 9.17) is 4.52 Å². The molecule has 0 unspecified atom stereocenters. The number of rotatable bonds is 8. The van der Waals surface area contributed by atoms with E-state index in [0.717, 1.165) is 30.6 Å². The van der Waals surface area contributed by atoms with Crippen molar-refractivity contribution in [2.24, 2.45) is 5.92 Å². The summed E-state index contributed by atoms with van der Waals surface area (Å²) in [6.07, 6.45) is 2.72. The molecule has 0 N–H and O–H groups in total. The molecule has 0 bridgehead atoms. The van der Waals surface area contributed by atoms with Gasteiger partial charge in [0, 0.05) is 13.0 Å². The average Bonchev–Trinajstić information content (AvgIpc) is 3.09. The molecule has 7 heteroatoms. The monoisotopic (exact) mass is 372 g/mol. The van der Waals surface area contributed by atoms with Gasteiger partial charge in [-0.2, -0.15) is 4.98 Å². The number of para-hydroxylation sites is 1. The Hall–Kier alpha value is -2.15. The van der Waals surface area contributed by atoms with Gasteiger partial charge in [0.25, 0.3) is 5.56 Å². The Bertz CT molecular complexity index is 933. The van der Waals surface area contributed by atoms with Crippen LogP contribution in [-0.4, -0.2) is 19.7 Å². The molecule has 0 aliphatic carbocycles. The summed E-state index contributed by atoms with van der Waals surface area (Å²) in [7, 11) is 0. The summed E-state index contributed by atoms with van der Waals surface area (Å²) >= 11 is 1.46. The lowest BCUT2D eigenvalue weighted by Gasteiger charge is -2.11. The quantitative estimate of drug-likeness (QED) is 0.438. The van der Waals surface area contributed by atoms with Gasteiger partial charge in [-0.3, -0.25) is 9.36 Å². The molecule has 0 saturated carbocycles. The number of hydrogen-bond donors (Lipinski definition) is 0. The Kier molecular flexibility index (Phi) is 6.08. The van der Waals surface area contributed by atoms with Crippen LogP contribution in [0.5, 0.6) is 0 Å². The first-order valence-corrected chi connectivity index (χ1v) is 10.0. The van der Waals surface area contributed by atoms with Crippen molar-refractivity contribution in [1.29, 1.82) is 0 Å². The van der Waals surface area contributed by atoms with Crippen molar-refractivity contribution in [2.75, 3.05) is 0 Å². The largest absolute Gasteiger partial charge is 0.338 e. The number of benzene rings is 1. The van der Waals surface area contributed by atoms with E-state index in [0.29, 0.717) is 34.6 Å². The molecule has 0 radical (unpaired) electrons. The lowest BCUT2D eigenvalue weighted by atomic mass is 10.1. The average molecular weight is 372 g/mol. The Morgan fingerprint density at radius 2 is 2.04 bits per heavy atom. The van der Waals surface area contributed by atoms with E-state index in [-0.39, 0.29) is 5.56 Å². The smallest absolute Gasteiger partial charge is 0.262 e. The van der Waals surface area contributed by atoms with Crippen molar-refractivity contribution in [2.45, 2.75) is 57.5 Å². The summed E-state index contributed by atoms with van der Waals surface area (Å²) in [5.41, 5.74) is 0.721. The first-order chi connectivity index (χ1) is 12.6. The molecular formula is C19H24N4O2S. The first kappa shape index (κ1) is 18.6. The Morgan fingerprint density at radius 3 is 2.81 bits per heavy atom. The topological polar surface area (TPSA) is 73.8 Å². The van der Waals surface area contributed by atoms with Crippen LogP contribution in [0.25, 0.3) is 10.9 Å². The Balaban J connectivity index is 1.80. The van der Waals surface area contributed by atoms with Crippen LogP contribution in [-0.2, 0) is 18.7 Å². The molecule has 2 heterocycles. The van der Waals surface area contributed by atoms with Crippen LogP contribution < -0.4 is 5.56 Å². The molecule has 138 valence electrons. The molecule has 3 aromatic rings. The summed E-state index contributed by atoms with van der Waals surface area (Å²) in [6.45, 7) is 7.04. The highest BCUT2D eigenvalue weighted by atomic mass is 32.2. The van der Waals surface area contributed by atoms with Crippen molar-refractivity contribution in [1.82, 2.24) is 19.7 Å². The van der Waals surface area contributed by atoms with Gasteiger partial charge < -0.3 is 4.52 Å². The third kappa shape index (κ3) is 4.33. The zero-order valence-electron chi connectivity index (χ0n) is 15.4. The number of fused-ring (bicyclic) bond motifs is 1. The number of nitrogens with zero attached hydrogens (tertiary/aromatic N) is 4. The van der Waals surface area contributed by atoms with Crippen molar-refractivity contribution in [3.05, 3.63) is 46.3 Å². The first-order valence-electron chi connectivity index (χ1n) is 9.02. The fourth-order valence-corrected chi connectivity index (χ4v) is 3.54.